The van der Waals surface area contributed by atoms with Crippen LogP contribution < -0.4 is 15.6 Å². The highest BCUT2D eigenvalue weighted by molar-refractivity contribution is 6.30. The van der Waals surface area contributed by atoms with E-state index in [9.17, 15) is 9.59 Å². The largest absolute Gasteiger partial charge is 0.497 e. The zero-order valence-electron chi connectivity index (χ0n) is 13.6. The minimum Gasteiger partial charge on any atom is -0.497 e. The molecule has 6 heteroatoms. The van der Waals surface area contributed by atoms with Crippen LogP contribution in [0.15, 0.2) is 53.3 Å². The van der Waals surface area contributed by atoms with Crippen molar-refractivity contribution in [2.24, 2.45) is 0 Å². The standard InChI is InChI=1S/C19H17ClN2O3/c1-25-16-7-4-13-10-14(19(24)22-17(13)11-16)8-9-21-18(23)12-2-5-15(20)6-3-12/h2-7,10-11H,8-9H2,1H3,(H,21,23)(H,22,24). The number of nitrogens with one attached hydrogen (secondary N) is 2. The Hall–Kier alpha value is -2.79. The lowest BCUT2D eigenvalue weighted by Gasteiger charge is -2.07. The van der Waals surface area contributed by atoms with Crippen LogP contribution in [0.25, 0.3) is 10.9 Å². The van der Waals surface area contributed by atoms with Gasteiger partial charge in [0.2, 0.25) is 0 Å². The summed E-state index contributed by atoms with van der Waals surface area (Å²) in [6.07, 6.45) is 0.441. The van der Waals surface area contributed by atoms with E-state index in [0.717, 1.165) is 10.9 Å². The van der Waals surface area contributed by atoms with Gasteiger partial charge in [-0.05, 0) is 54.3 Å². The Kier molecular flexibility index (Phi) is 5.05. The van der Waals surface area contributed by atoms with Gasteiger partial charge in [0.15, 0.2) is 0 Å². The van der Waals surface area contributed by atoms with E-state index in [1.165, 1.54) is 0 Å². The number of amides is 1. The number of H-pyrrole nitrogens is 1. The first kappa shape index (κ1) is 17.0. The molecule has 3 aromatic rings. The van der Waals surface area contributed by atoms with Gasteiger partial charge in [0, 0.05) is 28.8 Å². The van der Waals surface area contributed by atoms with Gasteiger partial charge in [-0.3, -0.25) is 9.59 Å². The molecule has 0 saturated heterocycles. The lowest BCUT2D eigenvalue weighted by molar-refractivity contribution is 0.0954. The summed E-state index contributed by atoms with van der Waals surface area (Å²) in [5.74, 6) is 0.491. The van der Waals surface area contributed by atoms with Gasteiger partial charge in [-0.15, -0.1) is 0 Å². The number of carbonyl (C=O) groups excluding carboxylic acids is 1. The first-order chi connectivity index (χ1) is 12.1. The number of aromatic nitrogens is 1. The third-order valence-electron chi connectivity index (χ3n) is 3.92. The minimum atomic E-state index is -0.196. The highest BCUT2D eigenvalue weighted by Crippen LogP contribution is 2.18. The lowest BCUT2D eigenvalue weighted by Crippen LogP contribution is -2.27. The van der Waals surface area contributed by atoms with Gasteiger partial charge in [-0.1, -0.05) is 11.6 Å². The van der Waals surface area contributed by atoms with E-state index >= 15 is 0 Å². The molecule has 1 heterocycles. The summed E-state index contributed by atoms with van der Waals surface area (Å²) in [7, 11) is 1.58. The Bertz CT molecular complexity index is 965. The molecule has 0 aliphatic rings. The van der Waals surface area contributed by atoms with Crippen molar-refractivity contribution in [1.29, 1.82) is 0 Å². The molecule has 0 bridgehead atoms. The SMILES string of the molecule is COc1ccc2cc(CCNC(=O)c3ccc(Cl)cc3)c(=O)[nH]c2c1. The number of fused-ring (bicyclic) bond motifs is 1. The Morgan fingerprint density at radius 1 is 1.16 bits per heavy atom. The van der Waals surface area contributed by atoms with E-state index < -0.39 is 0 Å². The number of methoxy groups -OCH3 is 1. The lowest BCUT2D eigenvalue weighted by atomic mass is 10.1. The summed E-state index contributed by atoms with van der Waals surface area (Å²) in [4.78, 5) is 27.1. The first-order valence-corrected chi connectivity index (χ1v) is 8.18. The van der Waals surface area contributed by atoms with E-state index in [-0.39, 0.29) is 11.5 Å². The number of aromatic amines is 1. The van der Waals surface area contributed by atoms with Crippen molar-refractivity contribution in [1.82, 2.24) is 10.3 Å². The molecule has 2 N–H and O–H groups in total. The van der Waals surface area contributed by atoms with Crippen molar-refractivity contribution in [3.63, 3.8) is 0 Å². The summed E-state index contributed by atoms with van der Waals surface area (Å²) in [6.45, 7) is 0.367. The number of rotatable bonds is 5. The average molecular weight is 357 g/mol. The van der Waals surface area contributed by atoms with Crippen LogP contribution in [0, 0.1) is 0 Å². The van der Waals surface area contributed by atoms with Crippen LogP contribution in [0.5, 0.6) is 5.75 Å². The number of hydrogen-bond donors (Lipinski definition) is 2. The van der Waals surface area contributed by atoms with Crippen LogP contribution >= 0.6 is 11.6 Å². The molecular weight excluding hydrogens is 340 g/mol. The summed E-state index contributed by atoms with van der Waals surface area (Å²) < 4.78 is 5.16. The molecule has 5 nitrogen and oxygen atoms in total. The van der Waals surface area contributed by atoms with Crippen LogP contribution in [0.2, 0.25) is 5.02 Å². The maximum Gasteiger partial charge on any atom is 0.251 e. The Morgan fingerprint density at radius 3 is 2.64 bits per heavy atom. The van der Waals surface area contributed by atoms with Gasteiger partial charge in [0.1, 0.15) is 5.75 Å². The van der Waals surface area contributed by atoms with E-state index in [1.54, 1.807) is 37.4 Å². The zero-order chi connectivity index (χ0) is 17.8. The second-order valence-electron chi connectivity index (χ2n) is 5.59. The fourth-order valence-corrected chi connectivity index (χ4v) is 2.68. The molecule has 25 heavy (non-hydrogen) atoms. The number of benzene rings is 2. The number of carbonyl (C=O) groups is 1. The molecule has 0 aliphatic heterocycles. The monoisotopic (exact) mass is 356 g/mol. The predicted molar refractivity (Wildman–Crippen MR) is 98.6 cm³/mol. The second-order valence-corrected chi connectivity index (χ2v) is 6.03. The number of pyridine rings is 1. The summed E-state index contributed by atoms with van der Waals surface area (Å²) >= 11 is 5.81. The van der Waals surface area contributed by atoms with Crippen molar-refractivity contribution in [3.05, 3.63) is 75.0 Å². The smallest absolute Gasteiger partial charge is 0.251 e. The average Bonchev–Trinajstić information content (AvgIpc) is 2.62. The Morgan fingerprint density at radius 2 is 1.92 bits per heavy atom. The van der Waals surface area contributed by atoms with Crippen LogP contribution in [-0.2, 0) is 6.42 Å². The zero-order valence-corrected chi connectivity index (χ0v) is 14.4. The van der Waals surface area contributed by atoms with Crippen LogP contribution in [0.1, 0.15) is 15.9 Å². The highest BCUT2D eigenvalue weighted by atomic mass is 35.5. The maximum atomic E-state index is 12.2. The first-order valence-electron chi connectivity index (χ1n) is 7.80. The molecule has 1 aromatic heterocycles. The van der Waals surface area contributed by atoms with E-state index in [0.29, 0.717) is 34.9 Å². The molecule has 3 rings (SSSR count). The molecule has 1 amide bonds. The van der Waals surface area contributed by atoms with Crippen molar-refractivity contribution in [2.45, 2.75) is 6.42 Å². The minimum absolute atomic E-state index is 0.165. The van der Waals surface area contributed by atoms with Crippen molar-refractivity contribution in [3.8, 4) is 5.75 Å². The summed E-state index contributed by atoms with van der Waals surface area (Å²) in [5.41, 5.74) is 1.71. The van der Waals surface area contributed by atoms with Gasteiger partial charge < -0.3 is 15.0 Å². The molecule has 2 aromatic carbocycles. The second kappa shape index (κ2) is 7.40. The number of halogens is 1. The molecule has 0 aliphatic carbocycles. The fraction of sp³-hybridized carbons (Fsp3) is 0.158. The topological polar surface area (TPSA) is 71.2 Å². The molecule has 0 spiro atoms. The molecule has 0 unspecified atom stereocenters. The summed E-state index contributed by atoms with van der Waals surface area (Å²) in [6, 6.07) is 14.0. The molecular formula is C19H17ClN2O3. The van der Waals surface area contributed by atoms with Crippen molar-refractivity contribution < 1.29 is 9.53 Å². The van der Waals surface area contributed by atoms with Crippen molar-refractivity contribution >= 4 is 28.4 Å². The van der Waals surface area contributed by atoms with Crippen LogP contribution in [0.3, 0.4) is 0 Å². The molecule has 0 atom stereocenters. The Balaban J connectivity index is 1.68. The summed E-state index contributed by atoms with van der Waals surface area (Å²) in [5, 5.41) is 4.30. The van der Waals surface area contributed by atoms with Gasteiger partial charge in [0.05, 0.1) is 12.6 Å². The molecule has 0 saturated carbocycles. The molecule has 0 fully saturated rings. The third-order valence-corrected chi connectivity index (χ3v) is 4.17. The van der Waals surface area contributed by atoms with Crippen LogP contribution in [-0.4, -0.2) is 24.5 Å². The van der Waals surface area contributed by atoms with E-state index in [4.69, 9.17) is 16.3 Å². The highest BCUT2D eigenvalue weighted by Gasteiger charge is 2.07. The van der Waals surface area contributed by atoms with Gasteiger partial charge in [-0.25, -0.2) is 0 Å². The van der Waals surface area contributed by atoms with Gasteiger partial charge in [0.25, 0.3) is 11.5 Å². The Labute approximate surface area is 149 Å². The van der Waals surface area contributed by atoms with Gasteiger partial charge in [-0.2, -0.15) is 0 Å². The number of ether oxygens (including phenoxy) is 1. The number of hydrogen-bond acceptors (Lipinski definition) is 3. The third kappa shape index (κ3) is 4.00. The van der Waals surface area contributed by atoms with Crippen molar-refractivity contribution in [2.75, 3.05) is 13.7 Å². The molecule has 128 valence electrons. The van der Waals surface area contributed by atoms with Crippen LogP contribution in [0.4, 0.5) is 0 Å². The van der Waals surface area contributed by atoms with E-state index in [1.807, 2.05) is 18.2 Å². The predicted octanol–water partition coefficient (Wildman–Crippen LogP) is 3.16. The van der Waals surface area contributed by atoms with E-state index in [2.05, 4.69) is 10.3 Å². The quantitative estimate of drug-likeness (QED) is 0.737. The maximum absolute atomic E-state index is 12.2. The van der Waals surface area contributed by atoms with Gasteiger partial charge >= 0.3 is 0 Å². The molecule has 0 radical (unpaired) electrons. The fourth-order valence-electron chi connectivity index (χ4n) is 2.55. The normalized spacial score (nSPS) is 10.6.